The second-order valence-corrected chi connectivity index (χ2v) is 46.8. The van der Waals surface area contributed by atoms with Gasteiger partial charge in [-0.15, -0.1) is 143 Å². The number of hydrogen-bond donors (Lipinski definition) is 0. The summed E-state index contributed by atoms with van der Waals surface area (Å²) in [6.45, 7) is 31.5. The minimum atomic E-state index is -1.77. The first kappa shape index (κ1) is 90.6. The molecule has 0 atom stereocenters. The van der Waals surface area contributed by atoms with Crippen molar-refractivity contribution in [1.82, 2.24) is 49.8 Å². The van der Waals surface area contributed by atoms with Gasteiger partial charge in [-0.05, 0) is 166 Å². The largest absolute Gasteiger partial charge is 0.483 e. The average molecular weight is 2170 g/mol. The number of hydrogen-bond acceptors (Lipinski definition) is 13. The minimum Gasteiger partial charge on any atom is -0.483 e. The number of pyridine rings is 10. The van der Waals surface area contributed by atoms with Crippen LogP contribution in [0.15, 0.2) is 299 Å². The monoisotopic (exact) mass is 2170 g/mol. The third kappa shape index (κ3) is 22.7. The van der Waals surface area contributed by atoms with Crippen LogP contribution < -0.4 is 20.7 Å². The first-order valence-corrected chi connectivity index (χ1v) is 49.6. The number of rotatable bonds is 12. The number of furan rings is 3. The Morgan fingerprint density at radius 3 is 1.21 bits per heavy atom. The molecule has 13 aromatic heterocycles. The van der Waals surface area contributed by atoms with E-state index in [1.807, 2.05) is 196 Å². The van der Waals surface area contributed by atoms with Crippen LogP contribution in [-0.4, -0.2) is 74.1 Å². The van der Waals surface area contributed by atoms with Crippen LogP contribution in [0.25, 0.3) is 134 Å². The van der Waals surface area contributed by atoms with Crippen LogP contribution in [0.3, 0.4) is 0 Å². The van der Waals surface area contributed by atoms with Crippen LogP contribution >= 0.6 is 0 Å². The first-order chi connectivity index (χ1) is 56.9. The van der Waals surface area contributed by atoms with Gasteiger partial charge < -0.3 is 58.1 Å². The zero-order valence-electron chi connectivity index (χ0n) is 70.1. The van der Waals surface area contributed by atoms with Gasteiger partial charge in [0.2, 0.25) is 5.71 Å². The van der Waals surface area contributed by atoms with E-state index in [1.54, 1.807) is 0 Å². The summed E-state index contributed by atoms with van der Waals surface area (Å²) in [4.78, 5) is 44.6. The molecule has 6 aromatic carbocycles. The van der Waals surface area contributed by atoms with Gasteiger partial charge in [0, 0.05) is 119 Å². The summed E-state index contributed by atoms with van der Waals surface area (Å²) in [7, 11) is -4.54. The van der Waals surface area contributed by atoms with Crippen LogP contribution in [0.4, 0.5) is 0 Å². The smallest absolute Gasteiger partial charge is 0.217 e. The number of benzene rings is 6. The third-order valence-electron chi connectivity index (χ3n) is 20.2. The fraction of sp³-hybridized carbons (Fsp3) is 0.157. The fourth-order valence-corrected chi connectivity index (χ4v) is 18.5. The number of fused-ring (bicyclic) bond motifs is 9. The van der Waals surface area contributed by atoms with Gasteiger partial charge >= 0.3 is 0 Å². The molecule has 121 heavy (non-hydrogen) atoms. The van der Waals surface area contributed by atoms with Crippen LogP contribution in [0, 0.1) is 70.4 Å². The van der Waals surface area contributed by atoms with Gasteiger partial charge in [0.15, 0.2) is 0 Å². The van der Waals surface area contributed by atoms with Gasteiger partial charge in [0.25, 0.3) is 0 Å². The van der Waals surface area contributed by atoms with Crippen molar-refractivity contribution in [3.8, 4) is 67.5 Å². The Labute approximate surface area is 752 Å². The van der Waals surface area contributed by atoms with E-state index in [0.29, 0.717) is 28.8 Å². The van der Waals surface area contributed by atoms with Gasteiger partial charge in [-0.2, -0.15) is 0 Å². The molecule has 0 saturated carbocycles. The van der Waals surface area contributed by atoms with Gasteiger partial charge in [0.1, 0.15) is 36.4 Å². The maximum absolute atomic E-state index is 5.83. The molecule has 0 saturated heterocycles. The number of nitrogens with zero attached hydrogens (tertiary/aromatic N) is 10. The van der Waals surface area contributed by atoms with Crippen LogP contribution in [0.1, 0.15) is 41.8 Å². The van der Waals surface area contributed by atoms with Crippen molar-refractivity contribution in [2.45, 2.75) is 100 Å². The molecule has 13 heterocycles. The molecule has 0 aliphatic heterocycles. The van der Waals surface area contributed by atoms with E-state index >= 15 is 0 Å². The van der Waals surface area contributed by atoms with Crippen molar-refractivity contribution in [2.75, 3.05) is 0 Å². The van der Waals surface area contributed by atoms with E-state index in [9.17, 15) is 0 Å². The van der Waals surface area contributed by atoms with Crippen molar-refractivity contribution in [3.63, 3.8) is 0 Å². The van der Waals surface area contributed by atoms with Crippen molar-refractivity contribution in [1.29, 1.82) is 0 Å². The molecule has 0 fully saturated rings. The molecule has 0 aliphatic carbocycles. The van der Waals surface area contributed by atoms with E-state index < -0.39 is 24.2 Å². The SMILES string of the molecule is CC(C)Cc1cc(-c2[c-]nc3oc4ccccc4c3c2)ncc1[Si](C)(C)C.C[Si](C)(C)c1ccc(-c2[c-]nc3oc4ccccc4c3c2)nc1.Cc1ccc(-c2[c-]cccc2)nc1.Cc1ccc2c(n1)oc1n[c-]c(-c3ccc([Si](C)(C)c4ccccc4)cn3)cc12.Cc1ccnc(-c2[c-]cccc2)c1.Cc1ccnc(-c2[c-]cccc2)c1.[Ir].[Ir].[Ir]. The predicted molar refractivity (Wildman–Crippen MR) is 491 cm³/mol. The van der Waals surface area contributed by atoms with Crippen molar-refractivity contribution in [2.24, 2.45) is 5.92 Å². The predicted octanol–water partition coefficient (Wildman–Crippen LogP) is 22.9. The quantitative estimate of drug-likeness (QED) is 0.0838. The Hall–Kier alpha value is -11.2. The second kappa shape index (κ2) is 40.9. The third-order valence-corrected chi connectivity index (χ3v) is 27.8. The van der Waals surface area contributed by atoms with E-state index in [1.165, 1.54) is 43.0 Å². The van der Waals surface area contributed by atoms with Crippen molar-refractivity contribution in [3.05, 3.63) is 351 Å². The summed E-state index contributed by atoms with van der Waals surface area (Å²) >= 11 is 0. The van der Waals surface area contributed by atoms with E-state index in [4.69, 9.17) is 23.2 Å². The average Bonchev–Trinajstić information content (AvgIpc) is 1.64. The molecule has 19 heteroatoms. The Balaban J connectivity index is 0.000000145. The molecule has 3 radical (unpaired) electrons. The molecule has 0 aliphatic rings. The van der Waals surface area contributed by atoms with Crippen LogP contribution in [-0.2, 0) is 66.7 Å². The normalized spacial score (nSPS) is 11.1. The topological polar surface area (TPSA) is 168 Å². The van der Waals surface area contributed by atoms with E-state index in [0.717, 1.165) is 123 Å². The number of aryl methyl sites for hydroxylation is 4. The number of aromatic nitrogens is 10. The summed E-state index contributed by atoms with van der Waals surface area (Å²) in [6.07, 6.45) is 21.9. The zero-order chi connectivity index (χ0) is 82.5. The molecule has 0 unspecified atom stereocenters. The first-order valence-electron chi connectivity index (χ1n) is 39.6. The van der Waals surface area contributed by atoms with Crippen LogP contribution in [0.2, 0.25) is 52.4 Å². The molecule has 0 N–H and O–H groups in total. The molecule has 13 nitrogen and oxygen atoms in total. The summed E-state index contributed by atoms with van der Waals surface area (Å²) < 4.78 is 17.3. The Kier molecular flexibility index (Phi) is 30.6. The van der Waals surface area contributed by atoms with E-state index in [2.05, 4.69) is 260 Å². The molecule has 19 rings (SSSR count). The maximum Gasteiger partial charge on any atom is 0.217 e. The summed E-state index contributed by atoms with van der Waals surface area (Å²) in [6, 6.07) is 92.9. The molecule has 0 amide bonds. The summed E-state index contributed by atoms with van der Waals surface area (Å²) in [5.74, 6) is 0.609. The molecule has 613 valence electrons. The standard InChI is InChI=1S/C24H20N3OSi.C23H25N2OSi.C19H17N2OSi.3C12H10N.3Ir/c1-16-9-11-20-21-13-17(14-26-23(21)28-24(20)27-16)22-12-10-19(15-25-22)29(2,3)18-7-5-4-6-8-18;1-15(2)10-16-12-20(24-14-22(16)27(3,4)5)17-11-19-18-8-6-7-9-21(18)26-23(19)25-13-17;1-23(2,3)14-8-9-17(20-12-14)13-10-16-15-6-4-5-7-18(15)22-19(16)21-11-13;2*1-10-7-8-13-12(9-10)11-5-3-2-4-6-11;1-10-7-8-12(13-9-10)11-5-3-2-4-6-11;;;/h4-13,15H,1-3H3;6-9,11-12,14-15H,10H2,1-5H3;4-10,12H,1-3H3;3*2-5,7-9H,1H3;;;/q6*-1;;;. The molecule has 19 aromatic rings. The summed E-state index contributed by atoms with van der Waals surface area (Å²) in [5, 5.41) is 11.6. The Morgan fingerprint density at radius 1 is 0.322 bits per heavy atom. The van der Waals surface area contributed by atoms with Gasteiger partial charge in [-0.3, -0.25) is 0 Å². The maximum atomic E-state index is 5.83. The van der Waals surface area contributed by atoms with Crippen LogP contribution in [0.5, 0.6) is 0 Å². The van der Waals surface area contributed by atoms with E-state index in [-0.39, 0.29) is 60.3 Å². The van der Waals surface area contributed by atoms with Gasteiger partial charge in [-0.25, -0.2) is 4.98 Å². The van der Waals surface area contributed by atoms with Crippen molar-refractivity contribution < 1.29 is 73.6 Å². The van der Waals surface area contributed by atoms with Gasteiger partial charge in [-0.1, -0.05) is 209 Å². The number of para-hydroxylation sites is 2. The minimum absolute atomic E-state index is 0. The summed E-state index contributed by atoms with van der Waals surface area (Å²) in [5.41, 5.74) is 21.5. The molecular weight excluding hydrogens is 2070 g/mol. The second-order valence-electron chi connectivity index (χ2n) is 32.3. The Morgan fingerprint density at radius 2 is 0.752 bits per heavy atom. The molecule has 0 spiro atoms. The van der Waals surface area contributed by atoms with Crippen molar-refractivity contribution >= 4 is 111 Å². The zero-order valence-corrected chi connectivity index (χ0v) is 80.3. The molecule has 0 bridgehead atoms. The molecular formula is C102H92Ir3N10O3Si3-6. The van der Waals surface area contributed by atoms with Gasteiger partial charge in [0.05, 0.1) is 16.1 Å². The Bertz CT molecular complexity index is 6530. The fourth-order valence-electron chi connectivity index (χ4n) is 13.6.